The van der Waals surface area contributed by atoms with E-state index in [1.807, 2.05) is 0 Å². The maximum atomic E-state index is 7.03. The van der Waals surface area contributed by atoms with Crippen LogP contribution in [-0.4, -0.2) is 28.2 Å². The van der Waals surface area contributed by atoms with Crippen LogP contribution in [0.1, 0.15) is 25.7 Å². The molecule has 0 saturated heterocycles. The monoisotopic (exact) mass is 648 g/mol. The highest BCUT2D eigenvalue weighted by Crippen LogP contribution is 2.80. The first-order valence-electron chi connectivity index (χ1n) is 9.20. The first kappa shape index (κ1) is 24.6. The summed E-state index contributed by atoms with van der Waals surface area (Å²) in [6.45, 7) is 0. The summed E-state index contributed by atoms with van der Waals surface area (Å²) in [6.07, 6.45) is 2.37. The molecule has 0 N–H and O–H groups in total. The molecule has 5 aliphatic carbocycles. The van der Waals surface area contributed by atoms with Crippen molar-refractivity contribution in [3.8, 4) is 0 Å². The van der Waals surface area contributed by atoms with Crippen molar-refractivity contribution >= 4 is 139 Å². The molecule has 0 aromatic heterocycles. The van der Waals surface area contributed by atoms with Gasteiger partial charge in [-0.2, -0.15) is 0 Å². The van der Waals surface area contributed by atoms with Crippen molar-refractivity contribution in [3.05, 3.63) is 20.1 Å². The molecular weight excluding hydrogens is 642 g/mol. The second-order valence-corrected chi connectivity index (χ2v) is 15.5. The molecule has 12 heteroatoms. The van der Waals surface area contributed by atoms with Crippen molar-refractivity contribution < 1.29 is 0 Å². The topological polar surface area (TPSA) is 0 Å². The maximum Gasteiger partial charge on any atom is 0.166 e. The van der Waals surface area contributed by atoms with Gasteiger partial charge in [0.2, 0.25) is 0 Å². The molecule has 168 valence electrons. The molecule has 0 radical (unpaired) electrons. The maximum absolute atomic E-state index is 7.03. The molecular formula is C18H12Cl12. The number of fused-ring (bicyclic) bond motifs is 7. The second kappa shape index (κ2) is 6.83. The Bertz CT molecular complexity index is 922. The van der Waals surface area contributed by atoms with Gasteiger partial charge in [-0.3, -0.25) is 0 Å². The molecule has 3 fully saturated rings. The number of alkyl halides is 8. The predicted molar refractivity (Wildman–Crippen MR) is 133 cm³/mol. The minimum absolute atomic E-state index is 0.0161. The summed E-state index contributed by atoms with van der Waals surface area (Å²) in [5, 5.41) is 0.802. The third kappa shape index (κ3) is 2.26. The lowest BCUT2D eigenvalue weighted by atomic mass is 9.64. The zero-order valence-electron chi connectivity index (χ0n) is 14.7. The van der Waals surface area contributed by atoms with E-state index in [9.17, 15) is 0 Å². The number of rotatable bonds is 1. The van der Waals surface area contributed by atoms with Gasteiger partial charge in [-0.05, 0) is 49.4 Å². The summed E-state index contributed by atoms with van der Waals surface area (Å²) in [7, 11) is 0. The average Bonchev–Trinajstić information content (AvgIpc) is 3.03. The van der Waals surface area contributed by atoms with Gasteiger partial charge in [0.05, 0.1) is 20.1 Å². The van der Waals surface area contributed by atoms with E-state index in [1.54, 1.807) is 0 Å². The minimum Gasteiger partial charge on any atom is -0.110 e. The Hall–Kier alpha value is 2.96. The third-order valence-corrected chi connectivity index (χ3v) is 16.7. The van der Waals surface area contributed by atoms with Crippen LogP contribution in [-0.2, 0) is 0 Å². The molecule has 0 aromatic carbocycles. The van der Waals surface area contributed by atoms with Crippen LogP contribution in [0.2, 0.25) is 0 Å². The van der Waals surface area contributed by atoms with Gasteiger partial charge in [-0.15, -0.1) is 46.4 Å². The van der Waals surface area contributed by atoms with Crippen molar-refractivity contribution in [2.24, 2.45) is 23.7 Å². The molecule has 0 unspecified atom stereocenters. The highest BCUT2D eigenvalue weighted by atomic mass is 35.5. The first-order valence-corrected chi connectivity index (χ1v) is 13.7. The molecule has 4 bridgehead atoms. The van der Waals surface area contributed by atoms with Gasteiger partial charge in [0.15, 0.2) is 8.67 Å². The SMILES string of the molecule is ClC1=C(Cl)[C@@]2(Cl)C[C@@H]([C@@H]3CC[C@@H]4[C@@H](C3)[C@@]3(Cl)C(Cl)=C(Cl)[C@@]4(Cl)C3(Cl)Cl)[C@@]1(Cl)C2(Cl)Cl. The zero-order valence-corrected chi connectivity index (χ0v) is 23.7. The van der Waals surface area contributed by atoms with Gasteiger partial charge in [0, 0.05) is 0 Å². The fourth-order valence-corrected chi connectivity index (χ4v) is 12.6. The summed E-state index contributed by atoms with van der Waals surface area (Å²) < 4.78 is -3.13. The van der Waals surface area contributed by atoms with Gasteiger partial charge < -0.3 is 0 Å². The van der Waals surface area contributed by atoms with Gasteiger partial charge in [0.1, 0.15) is 19.5 Å². The van der Waals surface area contributed by atoms with E-state index in [0.29, 0.717) is 19.3 Å². The van der Waals surface area contributed by atoms with Gasteiger partial charge in [-0.1, -0.05) is 92.8 Å². The van der Waals surface area contributed by atoms with Gasteiger partial charge in [0.25, 0.3) is 0 Å². The van der Waals surface area contributed by atoms with E-state index in [0.717, 1.165) is 6.42 Å². The van der Waals surface area contributed by atoms with Crippen molar-refractivity contribution in [2.45, 2.75) is 53.8 Å². The van der Waals surface area contributed by atoms with Crippen LogP contribution < -0.4 is 0 Å². The lowest BCUT2D eigenvalue weighted by Gasteiger charge is -2.47. The van der Waals surface area contributed by atoms with Crippen LogP contribution in [0, 0.1) is 23.7 Å². The smallest absolute Gasteiger partial charge is 0.110 e. The summed E-state index contributed by atoms with van der Waals surface area (Å²) in [5.41, 5.74) is 0. The Kier molecular flexibility index (Phi) is 5.61. The van der Waals surface area contributed by atoms with E-state index in [1.165, 1.54) is 0 Å². The quantitative estimate of drug-likeness (QED) is 0.247. The van der Waals surface area contributed by atoms with Crippen LogP contribution in [0.15, 0.2) is 20.1 Å². The molecule has 0 amide bonds. The fourth-order valence-electron chi connectivity index (χ4n) is 6.58. The highest BCUT2D eigenvalue weighted by molar-refractivity contribution is 6.66. The standard InChI is InChI=1S/C18H12Cl12/c19-9-10(20)16(26)8(4-13(9,23)17(16,27)28)5-1-2-6-7(3-5)15(25)12(22)11(21)14(6,24)18(15,29)30/h5-8H,1-4H2/t5-,6-,7-,8+,13+,14-,15-,16+/m1/s1. The molecule has 5 rings (SSSR count). The first-order chi connectivity index (χ1) is 13.6. The molecule has 0 heterocycles. The average molecular weight is 654 g/mol. The Balaban J connectivity index is 1.55. The van der Waals surface area contributed by atoms with Gasteiger partial charge >= 0.3 is 0 Å². The lowest BCUT2D eigenvalue weighted by molar-refractivity contribution is 0.126. The largest absolute Gasteiger partial charge is 0.166 e. The van der Waals surface area contributed by atoms with E-state index < -0.39 is 28.2 Å². The van der Waals surface area contributed by atoms with Gasteiger partial charge in [-0.25, -0.2) is 0 Å². The second-order valence-electron chi connectivity index (χ2n) is 8.94. The molecule has 8 atom stereocenters. The van der Waals surface area contributed by atoms with Crippen molar-refractivity contribution in [3.63, 3.8) is 0 Å². The van der Waals surface area contributed by atoms with E-state index in [2.05, 4.69) is 0 Å². The van der Waals surface area contributed by atoms with Crippen LogP contribution in [0.5, 0.6) is 0 Å². The summed E-state index contributed by atoms with van der Waals surface area (Å²) >= 11 is 80.6. The van der Waals surface area contributed by atoms with Crippen LogP contribution in [0.4, 0.5) is 0 Å². The number of hydrogen-bond donors (Lipinski definition) is 0. The van der Waals surface area contributed by atoms with E-state index in [-0.39, 0.29) is 43.8 Å². The van der Waals surface area contributed by atoms with Crippen LogP contribution in [0.25, 0.3) is 0 Å². The zero-order chi connectivity index (χ0) is 22.4. The summed E-state index contributed by atoms with van der Waals surface area (Å²) in [6, 6.07) is 0. The Labute approximate surface area is 234 Å². The van der Waals surface area contributed by atoms with Crippen molar-refractivity contribution in [1.29, 1.82) is 0 Å². The summed E-state index contributed by atoms with van der Waals surface area (Å²) in [5.74, 6) is -0.614. The molecule has 5 aliphatic rings. The fraction of sp³-hybridized carbons (Fsp3) is 0.778. The lowest BCUT2D eigenvalue weighted by Crippen LogP contribution is -2.48. The molecule has 3 saturated carbocycles. The van der Waals surface area contributed by atoms with E-state index in [4.69, 9.17) is 139 Å². The Morgan fingerprint density at radius 3 is 1.50 bits per heavy atom. The summed E-state index contributed by atoms with van der Waals surface area (Å²) in [4.78, 5) is -5.15. The molecule has 0 nitrogen and oxygen atoms in total. The van der Waals surface area contributed by atoms with Crippen LogP contribution in [0.3, 0.4) is 0 Å². The number of hydrogen-bond acceptors (Lipinski definition) is 0. The highest BCUT2D eigenvalue weighted by Gasteiger charge is 2.84. The normalized spacial score (nSPS) is 55.6. The third-order valence-electron chi connectivity index (χ3n) is 8.05. The van der Waals surface area contributed by atoms with E-state index >= 15 is 0 Å². The molecule has 0 aromatic rings. The number of halogens is 12. The molecule has 0 aliphatic heterocycles. The molecule has 0 spiro atoms. The van der Waals surface area contributed by atoms with Crippen molar-refractivity contribution in [1.82, 2.24) is 0 Å². The number of allylic oxidation sites excluding steroid dienone is 4. The minimum atomic E-state index is -1.57. The van der Waals surface area contributed by atoms with Crippen molar-refractivity contribution in [2.75, 3.05) is 0 Å². The van der Waals surface area contributed by atoms with Crippen LogP contribution >= 0.6 is 139 Å². The Morgan fingerprint density at radius 1 is 0.533 bits per heavy atom. The Morgan fingerprint density at radius 2 is 1.00 bits per heavy atom. The predicted octanol–water partition coefficient (Wildman–Crippen LogP) is 9.72. The molecule has 30 heavy (non-hydrogen) atoms.